The first-order valence-electron chi connectivity index (χ1n) is 11.9. The summed E-state index contributed by atoms with van der Waals surface area (Å²) in [6.07, 6.45) is 6.29. The first-order chi connectivity index (χ1) is 15.4. The van der Waals surface area contributed by atoms with Crippen LogP contribution in [-0.2, 0) is 27.3 Å². The van der Waals surface area contributed by atoms with E-state index in [0.29, 0.717) is 5.92 Å². The molecule has 3 heterocycles. The zero-order valence-electron chi connectivity index (χ0n) is 19.1. The number of ether oxygens (including phenoxy) is 1. The highest BCUT2D eigenvalue weighted by Crippen LogP contribution is 2.52. The molecule has 1 fully saturated rings. The number of thiazole rings is 1. The molecule has 5 heteroatoms. The minimum atomic E-state index is -0.472. The molecule has 1 unspecified atom stereocenters. The SMILES string of the molecule is CC1(C)OC2(C)c3ccccc3CCN2c2cc3sc(C4CCC(C=O)CC4)nc3cc21. The average Bonchev–Trinajstić information content (AvgIpc) is 3.21. The molecule has 32 heavy (non-hydrogen) atoms. The van der Waals surface area contributed by atoms with Crippen molar-refractivity contribution in [3.05, 3.63) is 58.1 Å². The number of rotatable bonds is 2. The largest absolute Gasteiger partial charge is 0.341 e. The highest BCUT2D eigenvalue weighted by atomic mass is 32.1. The van der Waals surface area contributed by atoms with Gasteiger partial charge in [-0.1, -0.05) is 24.3 Å². The Labute approximate surface area is 193 Å². The van der Waals surface area contributed by atoms with Gasteiger partial charge in [0.2, 0.25) is 0 Å². The van der Waals surface area contributed by atoms with E-state index in [1.165, 1.54) is 32.1 Å². The number of hydrogen-bond acceptors (Lipinski definition) is 5. The van der Waals surface area contributed by atoms with Crippen molar-refractivity contribution in [3.8, 4) is 0 Å². The van der Waals surface area contributed by atoms with Crippen LogP contribution in [-0.4, -0.2) is 17.8 Å². The molecule has 1 atom stereocenters. The maximum Gasteiger partial charge on any atom is 0.165 e. The lowest BCUT2D eigenvalue weighted by Gasteiger charge is -2.55. The van der Waals surface area contributed by atoms with Crippen LogP contribution in [0.15, 0.2) is 36.4 Å². The van der Waals surface area contributed by atoms with Gasteiger partial charge in [0.15, 0.2) is 5.72 Å². The third-order valence-corrected chi connectivity index (χ3v) is 9.05. The summed E-state index contributed by atoms with van der Waals surface area (Å²) in [5, 5.41) is 1.23. The first-order valence-corrected chi connectivity index (χ1v) is 12.7. The van der Waals surface area contributed by atoms with Gasteiger partial charge in [0.05, 0.1) is 20.8 Å². The quantitative estimate of drug-likeness (QED) is 0.435. The van der Waals surface area contributed by atoms with Crippen LogP contribution in [0.4, 0.5) is 5.69 Å². The van der Waals surface area contributed by atoms with Gasteiger partial charge in [0.25, 0.3) is 0 Å². The van der Waals surface area contributed by atoms with Crippen LogP contribution in [0.25, 0.3) is 10.2 Å². The molecule has 1 aromatic heterocycles. The maximum absolute atomic E-state index is 11.1. The van der Waals surface area contributed by atoms with Gasteiger partial charge in [-0.05, 0) is 70.6 Å². The van der Waals surface area contributed by atoms with Crippen LogP contribution in [0.5, 0.6) is 0 Å². The van der Waals surface area contributed by atoms with Crippen molar-refractivity contribution >= 4 is 33.5 Å². The summed E-state index contributed by atoms with van der Waals surface area (Å²) in [5.74, 6) is 0.725. The first kappa shape index (κ1) is 20.4. The number of aldehydes is 1. The number of aromatic nitrogens is 1. The molecule has 1 saturated carbocycles. The van der Waals surface area contributed by atoms with Crippen LogP contribution in [0.3, 0.4) is 0 Å². The van der Waals surface area contributed by atoms with Gasteiger partial charge in [0, 0.05) is 35.2 Å². The Morgan fingerprint density at radius 3 is 2.66 bits per heavy atom. The molecule has 0 saturated heterocycles. The molecule has 3 aliphatic rings. The summed E-state index contributed by atoms with van der Waals surface area (Å²) in [7, 11) is 0. The molecule has 0 N–H and O–H groups in total. The van der Waals surface area contributed by atoms with Gasteiger partial charge in [0.1, 0.15) is 6.29 Å². The summed E-state index contributed by atoms with van der Waals surface area (Å²) in [5.41, 5.74) is 5.37. The number of anilines is 1. The number of nitrogens with zero attached hydrogens (tertiary/aromatic N) is 2. The molecule has 0 amide bonds. The van der Waals surface area contributed by atoms with Crippen LogP contribution >= 0.6 is 11.3 Å². The van der Waals surface area contributed by atoms with E-state index in [2.05, 4.69) is 62.1 Å². The minimum absolute atomic E-state index is 0.241. The van der Waals surface area contributed by atoms with E-state index < -0.39 is 11.3 Å². The van der Waals surface area contributed by atoms with Crippen molar-refractivity contribution in [2.75, 3.05) is 11.4 Å². The van der Waals surface area contributed by atoms with E-state index >= 15 is 0 Å². The second kappa shape index (κ2) is 7.13. The molecule has 166 valence electrons. The van der Waals surface area contributed by atoms with Gasteiger partial charge < -0.3 is 14.4 Å². The summed E-state index contributed by atoms with van der Waals surface area (Å²) in [6.45, 7) is 7.55. The van der Waals surface area contributed by atoms with Gasteiger partial charge in [-0.2, -0.15) is 0 Å². The Kier molecular flexibility index (Phi) is 4.54. The molecule has 2 aliphatic heterocycles. The zero-order chi connectivity index (χ0) is 22.1. The van der Waals surface area contributed by atoms with E-state index in [1.54, 1.807) is 0 Å². The van der Waals surface area contributed by atoms with Crippen LogP contribution in [0.2, 0.25) is 0 Å². The van der Waals surface area contributed by atoms with E-state index in [0.717, 1.165) is 50.5 Å². The third kappa shape index (κ3) is 2.97. The number of carbonyl (C=O) groups excluding carboxylic acids is 1. The molecule has 1 aliphatic carbocycles. The smallest absolute Gasteiger partial charge is 0.165 e. The summed E-state index contributed by atoms with van der Waals surface area (Å²) in [4.78, 5) is 18.7. The number of carbonyl (C=O) groups is 1. The Bertz CT molecular complexity index is 1210. The lowest BCUT2D eigenvalue weighted by atomic mass is 9.83. The maximum atomic E-state index is 11.1. The average molecular weight is 447 g/mol. The van der Waals surface area contributed by atoms with Crippen LogP contribution in [0.1, 0.15) is 74.1 Å². The minimum Gasteiger partial charge on any atom is -0.341 e. The van der Waals surface area contributed by atoms with Gasteiger partial charge in [-0.25, -0.2) is 4.98 Å². The number of benzene rings is 2. The topological polar surface area (TPSA) is 42.4 Å². The predicted molar refractivity (Wildman–Crippen MR) is 129 cm³/mol. The lowest BCUT2D eigenvalue weighted by Crippen LogP contribution is -2.57. The van der Waals surface area contributed by atoms with Crippen LogP contribution < -0.4 is 4.90 Å². The van der Waals surface area contributed by atoms with E-state index in [4.69, 9.17) is 9.72 Å². The van der Waals surface area contributed by atoms with Gasteiger partial charge in [-0.3, -0.25) is 0 Å². The van der Waals surface area contributed by atoms with Crippen molar-refractivity contribution in [1.82, 2.24) is 4.98 Å². The molecular weight excluding hydrogens is 416 g/mol. The van der Waals surface area contributed by atoms with Crippen molar-refractivity contribution in [2.24, 2.45) is 5.92 Å². The lowest BCUT2D eigenvalue weighted by molar-refractivity contribution is -0.155. The van der Waals surface area contributed by atoms with Gasteiger partial charge >= 0.3 is 0 Å². The van der Waals surface area contributed by atoms with Crippen molar-refractivity contribution in [1.29, 1.82) is 0 Å². The Balaban J connectivity index is 1.44. The van der Waals surface area contributed by atoms with E-state index in [1.807, 2.05) is 11.3 Å². The summed E-state index contributed by atoms with van der Waals surface area (Å²) in [6, 6.07) is 13.3. The fraction of sp³-hybridized carbons (Fsp3) is 0.481. The fourth-order valence-corrected chi connectivity index (χ4v) is 7.31. The number of fused-ring (bicyclic) bond motifs is 6. The normalized spacial score (nSPS) is 28.7. The standard InChI is InChI=1S/C27H30N2O2S/c1-26(2)21-14-22-24(32-25(28-22)19-10-8-17(16-30)9-11-19)15-23(21)29-13-12-18-6-4-5-7-20(18)27(29,3)31-26/h4-7,14-17,19H,8-13H2,1-3H3. The number of hydrogen-bond donors (Lipinski definition) is 0. The third-order valence-electron chi connectivity index (χ3n) is 7.87. The van der Waals surface area contributed by atoms with Crippen molar-refractivity contribution < 1.29 is 9.53 Å². The molecule has 2 aromatic carbocycles. The van der Waals surface area contributed by atoms with Crippen molar-refractivity contribution in [3.63, 3.8) is 0 Å². The second-order valence-electron chi connectivity index (χ2n) is 10.3. The second-order valence-corrected chi connectivity index (χ2v) is 11.4. The highest BCUT2D eigenvalue weighted by molar-refractivity contribution is 7.18. The fourth-order valence-electron chi connectivity index (χ4n) is 6.16. The van der Waals surface area contributed by atoms with E-state index in [9.17, 15) is 4.79 Å². The monoisotopic (exact) mass is 446 g/mol. The molecule has 0 spiro atoms. The summed E-state index contributed by atoms with van der Waals surface area (Å²) >= 11 is 1.84. The molecular formula is C27H30N2O2S. The molecule has 0 radical (unpaired) electrons. The van der Waals surface area contributed by atoms with Gasteiger partial charge in [-0.15, -0.1) is 11.3 Å². The Hall–Kier alpha value is -2.24. The Morgan fingerprint density at radius 2 is 1.88 bits per heavy atom. The van der Waals surface area contributed by atoms with Crippen LogP contribution in [0, 0.1) is 5.92 Å². The Morgan fingerprint density at radius 1 is 1.09 bits per heavy atom. The molecule has 3 aromatic rings. The van der Waals surface area contributed by atoms with Crippen molar-refractivity contribution in [2.45, 2.75) is 70.1 Å². The molecule has 4 nitrogen and oxygen atoms in total. The predicted octanol–water partition coefficient (Wildman–Crippen LogP) is 6.27. The zero-order valence-corrected chi connectivity index (χ0v) is 19.9. The van der Waals surface area contributed by atoms with E-state index in [-0.39, 0.29) is 5.92 Å². The highest BCUT2D eigenvalue weighted by Gasteiger charge is 2.49. The molecule has 6 rings (SSSR count). The molecule has 0 bridgehead atoms. The summed E-state index contributed by atoms with van der Waals surface area (Å²) < 4.78 is 8.14.